The summed E-state index contributed by atoms with van der Waals surface area (Å²) in [4.78, 5) is 23.1. The largest absolute Gasteiger partial charge is 0.457 e. The predicted octanol–water partition coefficient (Wildman–Crippen LogP) is 4.88. The summed E-state index contributed by atoms with van der Waals surface area (Å²) < 4.78 is 5.79. The number of hydrogen-bond donors (Lipinski definition) is 1. The van der Waals surface area contributed by atoms with E-state index in [1.54, 1.807) is 6.20 Å². The van der Waals surface area contributed by atoms with Gasteiger partial charge in [0.15, 0.2) is 0 Å². The highest BCUT2D eigenvalue weighted by atomic mass is 16.5. The van der Waals surface area contributed by atoms with Gasteiger partial charge in [0.05, 0.1) is 12.4 Å². The molecule has 0 atom stereocenters. The van der Waals surface area contributed by atoms with E-state index < -0.39 is 0 Å². The Morgan fingerprint density at radius 3 is 2.31 bits per heavy atom. The fourth-order valence-electron chi connectivity index (χ4n) is 3.26. The van der Waals surface area contributed by atoms with Crippen molar-refractivity contribution in [2.75, 3.05) is 18.4 Å². The summed E-state index contributed by atoms with van der Waals surface area (Å²) in [6.07, 6.45) is 5.22. The number of likely N-dealkylation sites (tertiary alicyclic amines) is 1. The van der Waals surface area contributed by atoms with E-state index in [0.29, 0.717) is 17.4 Å². The molecule has 6 nitrogen and oxygen atoms in total. The average molecular weight is 388 g/mol. The molecule has 1 aliphatic rings. The Morgan fingerprint density at radius 2 is 1.66 bits per heavy atom. The summed E-state index contributed by atoms with van der Waals surface area (Å²) in [5, 5.41) is 3.19. The van der Waals surface area contributed by atoms with Crippen molar-refractivity contribution >= 4 is 17.4 Å². The summed E-state index contributed by atoms with van der Waals surface area (Å²) >= 11 is 0. The summed E-state index contributed by atoms with van der Waals surface area (Å²) in [7, 11) is 0. The molecule has 0 bridgehead atoms. The second-order valence-corrected chi connectivity index (χ2v) is 7.33. The number of nitrogens with zero attached hydrogens (tertiary/aromatic N) is 3. The lowest BCUT2D eigenvalue weighted by atomic mass is 9.99. The zero-order chi connectivity index (χ0) is 20.1. The number of nitrogens with one attached hydrogen (secondary N) is 1. The number of carbonyl (C=O) groups excluding carboxylic acids is 1. The molecule has 4 rings (SSSR count). The minimum Gasteiger partial charge on any atom is -0.457 e. The molecular weight excluding hydrogens is 364 g/mol. The highest BCUT2D eigenvalue weighted by Crippen LogP contribution is 2.24. The van der Waals surface area contributed by atoms with Gasteiger partial charge in [-0.05, 0) is 55.2 Å². The third-order valence-corrected chi connectivity index (χ3v) is 5.05. The van der Waals surface area contributed by atoms with Gasteiger partial charge in [-0.25, -0.2) is 9.97 Å². The number of benzene rings is 2. The molecule has 0 unspecified atom stereocenters. The number of carbonyl (C=O) groups is 1. The predicted molar refractivity (Wildman–Crippen MR) is 113 cm³/mol. The number of piperidine rings is 1. The van der Waals surface area contributed by atoms with Gasteiger partial charge in [0.1, 0.15) is 23.0 Å². The van der Waals surface area contributed by atoms with Crippen molar-refractivity contribution in [3.8, 4) is 11.5 Å². The summed E-state index contributed by atoms with van der Waals surface area (Å²) in [5.41, 5.74) is 1.25. The fraction of sp³-hybridized carbons (Fsp3) is 0.261. The Balaban J connectivity index is 1.35. The van der Waals surface area contributed by atoms with Crippen LogP contribution in [0.25, 0.3) is 0 Å². The zero-order valence-electron chi connectivity index (χ0n) is 16.4. The molecule has 0 spiro atoms. The molecule has 2 aromatic carbocycles. The standard InChI is InChI=1S/C23H24N4O2/c1-17-11-13-27(14-12-17)23(28)21-15-25-22(16-24-21)26-18-7-9-20(10-8-18)29-19-5-3-2-4-6-19/h2-10,15-17H,11-14H2,1H3,(H,25,26). The van der Waals surface area contributed by atoms with Gasteiger partial charge in [0, 0.05) is 18.8 Å². The number of ether oxygens (including phenoxy) is 1. The number of anilines is 2. The molecule has 29 heavy (non-hydrogen) atoms. The Hall–Kier alpha value is -3.41. The first-order valence-corrected chi connectivity index (χ1v) is 9.89. The van der Waals surface area contributed by atoms with Crippen LogP contribution in [-0.4, -0.2) is 33.9 Å². The highest BCUT2D eigenvalue weighted by Gasteiger charge is 2.22. The quantitative estimate of drug-likeness (QED) is 0.674. The van der Waals surface area contributed by atoms with Gasteiger partial charge in [-0.2, -0.15) is 0 Å². The van der Waals surface area contributed by atoms with Gasteiger partial charge in [-0.15, -0.1) is 0 Å². The monoisotopic (exact) mass is 388 g/mol. The fourth-order valence-corrected chi connectivity index (χ4v) is 3.26. The van der Waals surface area contributed by atoms with E-state index in [0.717, 1.165) is 43.1 Å². The molecule has 3 aromatic rings. The topological polar surface area (TPSA) is 67.4 Å². The van der Waals surface area contributed by atoms with Gasteiger partial charge in [0.2, 0.25) is 0 Å². The lowest BCUT2D eigenvalue weighted by Gasteiger charge is -2.29. The molecule has 148 valence electrons. The minimum absolute atomic E-state index is 0.0432. The molecule has 1 aliphatic heterocycles. The summed E-state index contributed by atoms with van der Waals surface area (Å²) in [6.45, 7) is 3.81. The molecule has 1 amide bonds. The van der Waals surface area contributed by atoms with Crippen molar-refractivity contribution in [1.82, 2.24) is 14.9 Å². The molecule has 1 N–H and O–H groups in total. The second kappa shape index (κ2) is 8.73. The lowest BCUT2D eigenvalue weighted by Crippen LogP contribution is -2.38. The molecular formula is C23H24N4O2. The van der Waals surface area contributed by atoms with Crippen LogP contribution in [0, 0.1) is 5.92 Å². The van der Waals surface area contributed by atoms with Crippen LogP contribution < -0.4 is 10.1 Å². The van der Waals surface area contributed by atoms with Crippen LogP contribution in [0.1, 0.15) is 30.3 Å². The minimum atomic E-state index is -0.0432. The number of aromatic nitrogens is 2. The number of hydrogen-bond acceptors (Lipinski definition) is 5. The van der Waals surface area contributed by atoms with Crippen LogP contribution in [0.15, 0.2) is 67.0 Å². The molecule has 0 radical (unpaired) electrons. The lowest BCUT2D eigenvalue weighted by molar-refractivity contribution is 0.0691. The van der Waals surface area contributed by atoms with Crippen LogP contribution in [0.5, 0.6) is 11.5 Å². The molecule has 6 heteroatoms. The SMILES string of the molecule is CC1CCN(C(=O)c2cnc(Nc3ccc(Oc4ccccc4)cc3)cn2)CC1. The maximum atomic E-state index is 12.6. The molecule has 0 aliphatic carbocycles. The van der Waals surface area contributed by atoms with Crippen LogP contribution in [0.2, 0.25) is 0 Å². The van der Waals surface area contributed by atoms with E-state index in [1.165, 1.54) is 6.20 Å². The molecule has 1 aromatic heterocycles. The number of amides is 1. The average Bonchev–Trinajstić information content (AvgIpc) is 2.76. The van der Waals surface area contributed by atoms with Crippen molar-refractivity contribution in [2.24, 2.45) is 5.92 Å². The van der Waals surface area contributed by atoms with E-state index in [9.17, 15) is 4.79 Å². The Morgan fingerprint density at radius 1 is 0.966 bits per heavy atom. The van der Waals surface area contributed by atoms with Gasteiger partial charge in [0.25, 0.3) is 5.91 Å². The highest BCUT2D eigenvalue weighted by molar-refractivity contribution is 5.92. The molecule has 0 saturated carbocycles. The van der Waals surface area contributed by atoms with E-state index in [-0.39, 0.29) is 5.91 Å². The Kier molecular flexibility index (Phi) is 5.70. The smallest absolute Gasteiger partial charge is 0.274 e. The van der Waals surface area contributed by atoms with Crippen molar-refractivity contribution in [3.63, 3.8) is 0 Å². The third kappa shape index (κ3) is 4.90. The van der Waals surface area contributed by atoms with Gasteiger partial charge in [-0.1, -0.05) is 25.1 Å². The Labute approximate surface area is 170 Å². The molecule has 1 fully saturated rings. The second-order valence-electron chi connectivity index (χ2n) is 7.33. The van der Waals surface area contributed by atoms with E-state index in [1.807, 2.05) is 59.5 Å². The summed E-state index contributed by atoms with van der Waals surface area (Å²) in [6, 6.07) is 17.2. The normalized spacial score (nSPS) is 14.4. The first kappa shape index (κ1) is 18.9. The number of para-hydroxylation sites is 1. The van der Waals surface area contributed by atoms with E-state index >= 15 is 0 Å². The maximum absolute atomic E-state index is 12.6. The Bertz CT molecular complexity index is 935. The van der Waals surface area contributed by atoms with Crippen molar-refractivity contribution < 1.29 is 9.53 Å². The van der Waals surface area contributed by atoms with Crippen LogP contribution >= 0.6 is 0 Å². The van der Waals surface area contributed by atoms with Crippen molar-refractivity contribution in [3.05, 3.63) is 72.7 Å². The molecule has 2 heterocycles. The summed E-state index contributed by atoms with van der Waals surface area (Å²) in [5.74, 6) is 2.78. The van der Waals surface area contributed by atoms with Gasteiger partial charge >= 0.3 is 0 Å². The van der Waals surface area contributed by atoms with Gasteiger partial charge < -0.3 is 15.0 Å². The number of rotatable bonds is 5. The zero-order valence-corrected chi connectivity index (χ0v) is 16.4. The third-order valence-electron chi connectivity index (χ3n) is 5.05. The molecule has 1 saturated heterocycles. The van der Waals surface area contributed by atoms with Gasteiger partial charge in [-0.3, -0.25) is 4.79 Å². The van der Waals surface area contributed by atoms with Crippen molar-refractivity contribution in [2.45, 2.75) is 19.8 Å². The van der Waals surface area contributed by atoms with Crippen molar-refractivity contribution in [1.29, 1.82) is 0 Å². The van der Waals surface area contributed by atoms with Crippen LogP contribution in [0.4, 0.5) is 11.5 Å². The maximum Gasteiger partial charge on any atom is 0.274 e. The van der Waals surface area contributed by atoms with Crippen LogP contribution in [0.3, 0.4) is 0 Å². The van der Waals surface area contributed by atoms with E-state index in [2.05, 4.69) is 22.2 Å². The van der Waals surface area contributed by atoms with Crippen LogP contribution in [-0.2, 0) is 0 Å². The first-order valence-electron chi connectivity index (χ1n) is 9.89. The van der Waals surface area contributed by atoms with E-state index in [4.69, 9.17) is 4.74 Å². The first-order chi connectivity index (χ1) is 14.2.